The van der Waals surface area contributed by atoms with Gasteiger partial charge in [0.15, 0.2) is 5.82 Å². The van der Waals surface area contributed by atoms with E-state index in [1.54, 1.807) is 28.8 Å². The van der Waals surface area contributed by atoms with Crippen molar-refractivity contribution in [2.75, 3.05) is 0 Å². The molecule has 0 spiro atoms. The second-order valence-electron chi connectivity index (χ2n) is 4.76. The van der Waals surface area contributed by atoms with Gasteiger partial charge in [-0.2, -0.15) is 9.61 Å². The van der Waals surface area contributed by atoms with Gasteiger partial charge in [0.05, 0.1) is 5.02 Å². The second kappa shape index (κ2) is 5.56. The van der Waals surface area contributed by atoms with E-state index in [0.29, 0.717) is 20.8 Å². The molecule has 0 unspecified atom stereocenters. The first-order chi connectivity index (χ1) is 11.1. The maximum Gasteiger partial charge on any atom is 0.235 e. The van der Waals surface area contributed by atoms with Crippen LogP contribution >= 0.6 is 34.5 Å². The topological polar surface area (TPSA) is 43.1 Å². The molecular formula is C15H7Cl2FN4S. The highest BCUT2D eigenvalue weighted by atomic mass is 35.5. The normalized spacial score (nSPS) is 11.3. The number of hydrogen-bond donors (Lipinski definition) is 0. The highest BCUT2D eigenvalue weighted by Crippen LogP contribution is 2.30. The molecule has 2 heterocycles. The Morgan fingerprint density at radius 3 is 2.65 bits per heavy atom. The molecule has 114 valence electrons. The van der Waals surface area contributed by atoms with Crippen LogP contribution in [0, 0.1) is 5.82 Å². The third-order valence-electron chi connectivity index (χ3n) is 3.24. The van der Waals surface area contributed by atoms with E-state index in [1.165, 1.54) is 17.4 Å². The van der Waals surface area contributed by atoms with Crippen LogP contribution in [0.15, 0.2) is 42.5 Å². The SMILES string of the molecule is Fc1ccc(-c2nn3c(-c4cccc(Cl)c4)nnc3s2)cc1Cl. The van der Waals surface area contributed by atoms with Crippen LogP contribution in [0.2, 0.25) is 10.0 Å². The van der Waals surface area contributed by atoms with E-state index in [1.807, 2.05) is 12.1 Å². The Kier molecular flexibility index (Phi) is 3.52. The van der Waals surface area contributed by atoms with Crippen molar-refractivity contribution in [3.63, 3.8) is 0 Å². The molecule has 0 aliphatic carbocycles. The van der Waals surface area contributed by atoms with Crippen molar-refractivity contribution in [1.82, 2.24) is 19.8 Å². The summed E-state index contributed by atoms with van der Waals surface area (Å²) in [5.74, 6) is 0.135. The minimum atomic E-state index is -0.460. The predicted octanol–water partition coefficient (Wildman–Crippen LogP) is 4.97. The molecule has 0 radical (unpaired) electrons. The zero-order valence-electron chi connectivity index (χ0n) is 11.4. The van der Waals surface area contributed by atoms with Gasteiger partial charge in [-0.15, -0.1) is 10.2 Å². The van der Waals surface area contributed by atoms with Gasteiger partial charge in [0.25, 0.3) is 0 Å². The smallest absolute Gasteiger partial charge is 0.205 e. The molecule has 0 saturated heterocycles. The maximum absolute atomic E-state index is 13.3. The number of rotatable bonds is 2. The Morgan fingerprint density at radius 2 is 1.87 bits per heavy atom. The summed E-state index contributed by atoms with van der Waals surface area (Å²) in [6.07, 6.45) is 0. The molecule has 0 amide bonds. The minimum Gasteiger partial charge on any atom is -0.205 e. The number of halogens is 3. The van der Waals surface area contributed by atoms with Gasteiger partial charge in [-0.1, -0.05) is 46.7 Å². The van der Waals surface area contributed by atoms with Crippen LogP contribution in [0.4, 0.5) is 4.39 Å². The van der Waals surface area contributed by atoms with Crippen LogP contribution in [0.25, 0.3) is 26.9 Å². The van der Waals surface area contributed by atoms with E-state index in [4.69, 9.17) is 23.2 Å². The van der Waals surface area contributed by atoms with Crippen molar-refractivity contribution >= 4 is 39.5 Å². The van der Waals surface area contributed by atoms with Gasteiger partial charge in [-0.05, 0) is 30.3 Å². The Hall–Kier alpha value is -2.02. The average molecular weight is 365 g/mol. The molecule has 0 saturated carbocycles. The van der Waals surface area contributed by atoms with Crippen molar-refractivity contribution in [3.05, 3.63) is 58.3 Å². The van der Waals surface area contributed by atoms with Crippen LogP contribution in [0.1, 0.15) is 0 Å². The van der Waals surface area contributed by atoms with E-state index >= 15 is 0 Å². The molecule has 0 aliphatic heterocycles. The van der Waals surface area contributed by atoms with E-state index < -0.39 is 5.82 Å². The van der Waals surface area contributed by atoms with E-state index in [2.05, 4.69) is 15.3 Å². The van der Waals surface area contributed by atoms with Crippen LogP contribution in [0.3, 0.4) is 0 Å². The van der Waals surface area contributed by atoms with Gasteiger partial charge in [-0.25, -0.2) is 4.39 Å². The van der Waals surface area contributed by atoms with E-state index in [0.717, 1.165) is 11.1 Å². The first-order valence-corrected chi connectivity index (χ1v) is 8.13. The largest absolute Gasteiger partial charge is 0.235 e. The molecular weight excluding hydrogens is 358 g/mol. The molecule has 0 fully saturated rings. The number of hydrogen-bond acceptors (Lipinski definition) is 4. The van der Waals surface area contributed by atoms with Crippen molar-refractivity contribution < 1.29 is 4.39 Å². The van der Waals surface area contributed by atoms with Gasteiger partial charge in [0, 0.05) is 16.1 Å². The Morgan fingerprint density at radius 1 is 1.00 bits per heavy atom. The first kappa shape index (κ1) is 14.6. The number of nitrogens with zero attached hydrogens (tertiary/aromatic N) is 4. The summed E-state index contributed by atoms with van der Waals surface area (Å²) in [6, 6.07) is 11.8. The quantitative estimate of drug-likeness (QED) is 0.504. The zero-order chi connectivity index (χ0) is 16.0. The second-order valence-corrected chi connectivity index (χ2v) is 6.56. The standard InChI is InChI=1S/C15H7Cl2FN4S/c16-10-3-1-2-8(6-10)13-19-20-15-22(13)21-14(23-15)9-4-5-12(18)11(17)7-9/h1-7H. The van der Waals surface area contributed by atoms with Crippen LogP contribution in [-0.2, 0) is 0 Å². The fourth-order valence-electron chi connectivity index (χ4n) is 2.17. The van der Waals surface area contributed by atoms with Crippen LogP contribution in [-0.4, -0.2) is 19.8 Å². The summed E-state index contributed by atoms with van der Waals surface area (Å²) in [5, 5.41) is 14.1. The lowest BCUT2D eigenvalue weighted by atomic mass is 10.2. The minimum absolute atomic E-state index is 0.0588. The van der Waals surface area contributed by atoms with Crippen LogP contribution < -0.4 is 0 Å². The summed E-state index contributed by atoms with van der Waals surface area (Å²) in [6.45, 7) is 0. The third-order valence-corrected chi connectivity index (χ3v) is 4.71. The van der Waals surface area contributed by atoms with Crippen molar-refractivity contribution in [2.24, 2.45) is 0 Å². The lowest BCUT2D eigenvalue weighted by molar-refractivity contribution is 0.628. The van der Waals surface area contributed by atoms with E-state index in [9.17, 15) is 4.39 Å². The molecule has 2 aromatic carbocycles. The van der Waals surface area contributed by atoms with Crippen molar-refractivity contribution in [1.29, 1.82) is 0 Å². The molecule has 4 nitrogen and oxygen atoms in total. The molecule has 0 atom stereocenters. The summed E-state index contributed by atoms with van der Waals surface area (Å²) in [5.41, 5.74) is 1.54. The number of aromatic nitrogens is 4. The monoisotopic (exact) mass is 364 g/mol. The third kappa shape index (κ3) is 2.59. The fourth-order valence-corrected chi connectivity index (χ4v) is 3.38. The highest BCUT2D eigenvalue weighted by Gasteiger charge is 2.15. The fraction of sp³-hybridized carbons (Fsp3) is 0. The van der Waals surface area contributed by atoms with Gasteiger partial charge in [0.2, 0.25) is 4.96 Å². The van der Waals surface area contributed by atoms with Crippen molar-refractivity contribution in [2.45, 2.75) is 0 Å². The molecule has 2 aromatic heterocycles. The predicted molar refractivity (Wildman–Crippen MR) is 89.5 cm³/mol. The molecule has 8 heteroatoms. The molecule has 0 N–H and O–H groups in total. The molecule has 4 aromatic rings. The van der Waals surface area contributed by atoms with Gasteiger partial charge >= 0.3 is 0 Å². The van der Waals surface area contributed by atoms with E-state index in [-0.39, 0.29) is 5.02 Å². The lowest BCUT2D eigenvalue weighted by Crippen LogP contribution is -1.91. The Labute approximate surface area is 144 Å². The highest BCUT2D eigenvalue weighted by molar-refractivity contribution is 7.19. The Balaban J connectivity index is 1.84. The summed E-state index contributed by atoms with van der Waals surface area (Å²) >= 11 is 13.2. The Bertz CT molecular complexity index is 1030. The van der Waals surface area contributed by atoms with Crippen molar-refractivity contribution in [3.8, 4) is 22.0 Å². The van der Waals surface area contributed by atoms with Gasteiger partial charge in [-0.3, -0.25) is 0 Å². The molecule has 0 bridgehead atoms. The molecule has 0 aliphatic rings. The number of benzene rings is 2. The summed E-state index contributed by atoms with van der Waals surface area (Å²) in [7, 11) is 0. The molecule has 23 heavy (non-hydrogen) atoms. The van der Waals surface area contributed by atoms with Crippen LogP contribution in [0.5, 0.6) is 0 Å². The van der Waals surface area contributed by atoms with Gasteiger partial charge < -0.3 is 0 Å². The first-order valence-electron chi connectivity index (χ1n) is 6.55. The maximum atomic E-state index is 13.3. The molecule has 4 rings (SSSR count). The zero-order valence-corrected chi connectivity index (χ0v) is 13.7. The average Bonchev–Trinajstić information content (AvgIpc) is 3.10. The number of fused-ring (bicyclic) bond motifs is 1. The summed E-state index contributed by atoms with van der Waals surface area (Å²) in [4.78, 5) is 0.635. The van der Waals surface area contributed by atoms with Gasteiger partial charge in [0.1, 0.15) is 10.8 Å². The lowest BCUT2D eigenvalue weighted by Gasteiger charge is -1.99. The summed E-state index contributed by atoms with van der Waals surface area (Å²) < 4.78 is 14.9.